The van der Waals surface area contributed by atoms with Crippen LogP contribution in [0.5, 0.6) is 5.75 Å². The topological polar surface area (TPSA) is 46.5 Å². The molecule has 3 heteroatoms. The highest BCUT2D eigenvalue weighted by Gasteiger charge is 2.21. The lowest BCUT2D eigenvalue weighted by molar-refractivity contribution is 0.0600. The van der Waals surface area contributed by atoms with Gasteiger partial charge in [-0.1, -0.05) is 33.1 Å². The Kier molecular flexibility index (Phi) is 6.56. The third kappa shape index (κ3) is 3.75. The fraction of sp³-hybridized carbons (Fsp3) is 0.588. The lowest BCUT2D eigenvalue weighted by Gasteiger charge is -2.23. The van der Waals surface area contributed by atoms with Gasteiger partial charge in [-0.05, 0) is 48.9 Å². The minimum Gasteiger partial charge on any atom is -0.507 e. The number of phenols is 1. The largest absolute Gasteiger partial charge is 0.507 e. The number of rotatable bonds is 2. The highest BCUT2D eigenvalue weighted by atomic mass is 16.5. The molecule has 0 unspecified atom stereocenters. The third-order valence-electron chi connectivity index (χ3n) is 3.80. The molecule has 1 saturated carbocycles. The summed E-state index contributed by atoms with van der Waals surface area (Å²) in [7, 11) is 1.38. The van der Waals surface area contributed by atoms with Gasteiger partial charge in [0, 0.05) is 0 Å². The third-order valence-corrected chi connectivity index (χ3v) is 3.80. The first-order valence-electron chi connectivity index (χ1n) is 7.55. The maximum atomic E-state index is 11.6. The van der Waals surface area contributed by atoms with E-state index in [2.05, 4.69) is 0 Å². The van der Waals surface area contributed by atoms with E-state index in [9.17, 15) is 9.90 Å². The molecule has 1 aliphatic rings. The van der Waals surface area contributed by atoms with Crippen LogP contribution in [0.25, 0.3) is 0 Å². The van der Waals surface area contributed by atoms with E-state index in [4.69, 9.17) is 4.74 Å². The molecule has 0 aromatic heterocycles. The number of aryl methyl sites for hydroxylation is 1. The van der Waals surface area contributed by atoms with Crippen LogP contribution in [0, 0.1) is 6.92 Å². The lowest BCUT2D eigenvalue weighted by atomic mass is 9.82. The normalized spacial score (nSPS) is 15.2. The number of ether oxygens (including phenoxy) is 1. The van der Waals surface area contributed by atoms with Crippen LogP contribution < -0.4 is 0 Å². The van der Waals surface area contributed by atoms with Crippen molar-refractivity contribution in [2.45, 2.75) is 58.8 Å². The summed E-state index contributed by atoms with van der Waals surface area (Å²) in [5.41, 5.74) is 2.20. The van der Waals surface area contributed by atoms with Gasteiger partial charge in [-0.15, -0.1) is 0 Å². The molecule has 0 spiro atoms. The fourth-order valence-electron chi connectivity index (χ4n) is 2.77. The summed E-state index contributed by atoms with van der Waals surface area (Å²) in [5, 5.41) is 10.2. The summed E-state index contributed by atoms with van der Waals surface area (Å²) >= 11 is 0. The first kappa shape index (κ1) is 16.5. The Morgan fingerprint density at radius 1 is 1.20 bits per heavy atom. The molecule has 0 aliphatic heterocycles. The number of phenolic OH excluding ortho intramolecular Hbond substituents is 1. The second-order valence-electron chi connectivity index (χ2n) is 5.06. The Bertz CT molecular complexity index is 446. The molecule has 0 atom stereocenters. The Morgan fingerprint density at radius 3 is 2.35 bits per heavy atom. The van der Waals surface area contributed by atoms with E-state index in [1.165, 1.54) is 26.4 Å². The summed E-state index contributed by atoms with van der Waals surface area (Å²) in [6, 6.07) is 3.48. The molecular formula is C17H26O3. The molecule has 1 aromatic carbocycles. The van der Waals surface area contributed by atoms with Crippen molar-refractivity contribution >= 4 is 5.97 Å². The van der Waals surface area contributed by atoms with Crippen LogP contribution in [-0.2, 0) is 4.74 Å². The summed E-state index contributed by atoms with van der Waals surface area (Å²) < 4.78 is 4.75. The zero-order valence-electron chi connectivity index (χ0n) is 13.0. The first-order chi connectivity index (χ1) is 9.63. The van der Waals surface area contributed by atoms with Crippen molar-refractivity contribution in [1.82, 2.24) is 0 Å². The van der Waals surface area contributed by atoms with Gasteiger partial charge in [0.15, 0.2) is 0 Å². The zero-order valence-corrected chi connectivity index (χ0v) is 13.0. The lowest BCUT2D eigenvalue weighted by Crippen LogP contribution is -2.08. The molecular weight excluding hydrogens is 252 g/mol. The van der Waals surface area contributed by atoms with Crippen molar-refractivity contribution in [1.29, 1.82) is 0 Å². The highest BCUT2D eigenvalue weighted by molar-refractivity contribution is 5.90. The van der Waals surface area contributed by atoms with E-state index in [-0.39, 0.29) is 5.97 Å². The fourth-order valence-corrected chi connectivity index (χ4v) is 2.77. The predicted molar refractivity (Wildman–Crippen MR) is 81.4 cm³/mol. The Balaban J connectivity index is 0.000000956. The molecule has 0 radical (unpaired) electrons. The number of esters is 1. The number of carbonyl (C=O) groups is 1. The average Bonchev–Trinajstić information content (AvgIpc) is 2.52. The van der Waals surface area contributed by atoms with Gasteiger partial charge in [0.2, 0.25) is 0 Å². The standard InChI is InChI=1S/C15H20O3.C2H6/c1-10-8-12(15(17)18-2)9-13(14(10)16)11-6-4-3-5-7-11;1-2/h8-9,11,16H,3-7H2,1-2H3;1-2H3. The molecule has 0 saturated heterocycles. The average molecular weight is 278 g/mol. The zero-order chi connectivity index (χ0) is 15.1. The molecule has 0 amide bonds. The van der Waals surface area contributed by atoms with Crippen molar-refractivity contribution in [3.05, 3.63) is 28.8 Å². The summed E-state index contributed by atoms with van der Waals surface area (Å²) in [6.07, 6.45) is 5.86. The number of benzene rings is 1. The maximum absolute atomic E-state index is 11.6. The molecule has 1 aromatic rings. The monoisotopic (exact) mass is 278 g/mol. The van der Waals surface area contributed by atoms with Crippen LogP contribution in [0.15, 0.2) is 12.1 Å². The van der Waals surface area contributed by atoms with Crippen molar-refractivity contribution in [2.75, 3.05) is 7.11 Å². The quantitative estimate of drug-likeness (QED) is 0.807. The number of hydrogen-bond donors (Lipinski definition) is 1. The van der Waals surface area contributed by atoms with E-state index in [1.54, 1.807) is 12.1 Å². The molecule has 1 fully saturated rings. The van der Waals surface area contributed by atoms with Crippen LogP contribution in [0.1, 0.15) is 73.4 Å². The van der Waals surface area contributed by atoms with Crippen molar-refractivity contribution in [2.24, 2.45) is 0 Å². The van der Waals surface area contributed by atoms with Gasteiger partial charge in [0.05, 0.1) is 12.7 Å². The first-order valence-corrected chi connectivity index (χ1v) is 7.55. The van der Waals surface area contributed by atoms with Gasteiger partial charge < -0.3 is 9.84 Å². The molecule has 1 N–H and O–H groups in total. The summed E-state index contributed by atoms with van der Waals surface area (Å²) in [6.45, 7) is 5.83. The van der Waals surface area contributed by atoms with Gasteiger partial charge >= 0.3 is 5.97 Å². The molecule has 0 heterocycles. The molecule has 1 aliphatic carbocycles. The van der Waals surface area contributed by atoms with E-state index in [1.807, 2.05) is 20.8 Å². The predicted octanol–water partition coefficient (Wildman–Crippen LogP) is 4.56. The van der Waals surface area contributed by atoms with Gasteiger partial charge in [0.25, 0.3) is 0 Å². The van der Waals surface area contributed by atoms with Gasteiger partial charge in [-0.3, -0.25) is 0 Å². The SMILES string of the molecule is CC.COC(=O)c1cc(C)c(O)c(C2CCCCC2)c1. The molecule has 112 valence electrons. The molecule has 2 rings (SSSR count). The Labute approximate surface area is 122 Å². The molecule has 0 bridgehead atoms. The smallest absolute Gasteiger partial charge is 0.337 e. The van der Waals surface area contributed by atoms with E-state index < -0.39 is 0 Å². The number of hydrogen-bond acceptors (Lipinski definition) is 3. The van der Waals surface area contributed by atoms with Gasteiger partial charge in [-0.25, -0.2) is 4.79 Å². The van der Waals surface area contributed by atoms with Crippen LogP contribution >= 0.6 is 0 Å². The van der Waals surface area contributed by atoms with Crippen LogP contribution in [0.4, 0.5) is 0 Å². The summed E-state index contributed by atoms with van der Waals surface area (Å²) in [5.74, 6) is 0.381. The Hall–Kier alpha value is -1.51. The highest BCUT2D eigenvalue weighted by Crippen LogP contribution is 2.39. The second kappa shape index (κ2) is 7.93. The number of aromatic hydroxyl groups is 1. The van der Waals surface area contributed by atoms with Crippen LogP contribution in [0.3, 0.4) is 0 Å². The van der Waals surface area contributed by atoms with Gasteiger partial charge in [-0.2, -0.15) is 0 Å². The Morgan fingerprint density at radius 2 is 1.80 bits per heavy atom. The van der Waals surface area contributed by atoms with E-state index in [0.717, 1.165) is 24.0 Å². The van der Waals surface area contributed by atoms with E-state index >= 15 is 0 Å². The number of methoxy groups -OCH3 is 1. The van der Waals surface area contributed by atoms with E-state index in [0.29, 0.717) is 17.2 Å². The van der Waals surface area contributed by atoms with Crippen LogP contribution in [-0.4, -0.2) is 18.2 Å². The second-order valence-corrected chi connectivity index (χ2v) is 5.06. The molecule has 3 nitrogen and oxygen atoms in total. The molecule has 20 heavy (non-hydrogen) atoms. The number of carbonyl (C=O) groups excluding carboxylic acids is 1. The van der Waals surface area contributed by atoms with Crippen molar-refractivity contribution in [3.8, 4) is 5.75 Å². The van der Waals surface area contributed by atoms with Crippen molar-refractivity contribution < 1.29 is 14.6 Å². The van der Waals surface area contributed by atoms with Crippen LogP contribution in [0.2, 0.25) is 0 Å². The minimum absolute atomic E-state index is 0.338. The summed E-state index contributed by atoms with van der Waals surface area (Å²) in [4.78, 5) is 11.6. The maximum Gasteiger partial charge on any atom is 0.337 e. The minimum atomic E-state index is -0.338. The van der Waals surface area contributed by atoms with Gasteiger partial charge in [0.1, 0.15) is 5.75 Å². The van der Waals surface area contributed by atoms with Crippen molar-refractivity contribution in [3.63, 3.8) is 0 Å².